The maximum absolute atomic E-state index is 12.5. The van der Waals surface area contributed by atoms with Gasteiger partial charge in [0.15, 0.2) is 21.3 Å². The molecule has 1 unspecified atom stereocenters. The largest absolute Gasteiger partial charge is 0.454 e. The first-order chi connectivity index (χ1) is 12.2. The molecule has 8 nitrogen and oxygen atoms in total. The Balaban J connectivity index is 1.56. The first-order valence-electron chi connectivity index (χ1n) is 8.35. The molecular formula is C17H22N2O6S. The number of carbonyl (C=O) groups is 2. The number of hydrogen-bond acceptors (Lipinski definition) is 6. The van der Waals surface area contributed by atoms with Gasteiger partial charge < -0.3 is 20.1 Å². The molecule has 26 heavy (non-hydrogen) atoms. The smallest absolute Gasteiger partial charge is 0.235 e. The second-order valence-electron chi connectivity index (χ2n) is 7.07. The van der Waals surface area contributed by atoms with E-state index in [2.05, 4.69) is 10.6 Å². The number of sulfone groups is 1. The zero-order chi connectivity index (χ0) is 18.9. The third-order valence-electron chi connectivity index (χ3n) is 4.59. The van der Waals surface area contributed by atoms with Crippen LogP contribution in [0.5, 0.6) is 11.5 Å². The summed E-state index contributed by atoms with van der Waals surface area (Å²) in [4.78, 5) is 24.9. The molecule has 1 aromatic rings. The number of hydrogen-bond donors (Lipinski definition) is 2. The van der Waals surface area contributed by atoms with Gasteiger partial charge in [-0.2, -0.15) is 0 Å². The van der Waals surface area contributed by atoms with Crippen molar-refractivity contribution in [3.63, 3.8) is 0 Å². The standard InChI is InChI=1S/C17H22N2O6S/c1-17(2,16(21)19-12-5-6-26(22,23)9-12)15(20)18-8-11-3-4-13-14(7-11)25-10-24-13/h3-4,7,12H,5-6,8-10H2,1-2H3,(H,18,20)(H,19,21). The van der Waals surface area contributed by atoms with Gasteiger partial charge in [-0.25, -0.2) is 8.42 Å². The summed E-state index contributed by atoms with van der Waals surface area (Å²) >= 11 is 0. The van der Waals surface area contributed by atoms with Crippen molar-refractivity contribution < 1.29 is 27.5 Å². The monoisotopic (exact) mass is 382 g/mol. The van der Waals surface area contributed by atoms with Gasteiger partial charge in [0.2, 0.25) is 18.6 Å². The van der Waals surface area contributed by atoms with Crippen molar-refractivity contribution in [2.45, 2.75) is 32.9 Å². The Bertz CT molecular complexity index is 834. The molecule has 0 aliphatic carbocycles. The number of carbonyl (C=O) groups excluding carboxylic acids is 2. The van der Waals surface area contributed by atoms with E-state index in [0.29, 0.717) is 17.9 Å². The highest BCUT2D eigenvalue weighted by molar-refractivity contribution is 7.91. The van der Waals surface area contributed by atoms with E-state index < -0.39 is 33.1 Å². The van der Waals surface area contributed by atoms with Crippen LogP contribution in [0.4, 0.5) is 0 Å². The summed E-state index contributed by atoms with van der Waals surface area (Å²) in [5.74, 6) is 0.348. The van der Waals surface area contributed by atoms with Crippen molar-refractivity contribution in [2.24, 2.45) is 5.41 Å². The van der Waals surface area contributed by atoms with Gasteiger partial charge in [-0.15, -0.1) is 0 Å². The summed E-state index contributed by atoms with van der Waals surface area (Å²) in [6.07, 6.45) is 0.378. The van der Waals surface area contributed by atoms with Crippen LogP contribution in [0.25, 0.3) is 0 Å². The van der Waals surface area contributed by atoms with Gasteiger partial charge >= 0.3 is 0 Å². The van der Waals surface area contributed by atoms with Gasteiger partial charge in [0.05, 0.1) is 11.5 Å². The lowest BCUT2D eigenvalue weighted by molar-refractivity contribution is -0.141. The first-order valence-corrected chi connectivity index (χ1v) is 10.2. The van der Waals surface area contributed by atoms with Crippen LogP contribution in [0.1, 0.15) is 25.8 Å². The van der Waals surface area contributed by atoms with E-state index >= 15 is 0 Å². The Kier molecular flexibility index (Phi) is 4.83. The summed E-state index contributed by atoms with van der Waals surface area (Å²) in [5, 5.41) is 5.41. The van der Waals surface area contributed by atoms with E-state index in [0.717, 1.165) is 5.56 Å². The second-order valence-corrected chi connectivity index (χ2v) is 9.30. The molecule has 0 radical (unpaired) electrons. The molecule has 1 fully saturated rings. The zero-order valence-corrected chi connectivity index (χ0v) is 15.5. The van der Waals surface area contributed by atoms with Gasteiger partial charge in [0, 0.05) is 12.6 Å². The third-order valence-corrected chi connectivity index (χ3v) is 6.36. The molecule has 0 saturated carbocycles. The summed E-state index contributed by atoms with van der Waals surface area (Å²) in [6, 6.07) is 4.92. The minimum Gasteiger partial charge on any atom is -0.454 e. The van der Waals surface area contributed by atoms with Crippen LogP contribution in [-0.4, -0.2) is 44.6 Å². The van der Waals surface area contributed by atoms with Crippen LogP contribution in [0.2, 0.25) is 0 Å². The number of ether oxygens (including phenoxy) is 2. The molecular weight excluding hydrogens is 360 g/mol. The van der Waals surface area contributed by atoms with E-state index in [1.165, 1.54) is 13.8 Å². The van der Waals surface area contributed by atoms with Crippen molar-refractivity contribution in [3.8, 4) is 11.5 Å². The number of rotatable bonds is 5. The minimum absolute atomic E-state index is 0.0642. The quantitative estimate of drug-likeness (QED) is 0.712. The molecule has 2 aliphatic rings. The van der Waals surface area contributed by atoms with Crippen LogP contribution < -0.4 is 20.1 Å². The fraction of sp³-hybridized carbons (Fsp3) is 0.529. The second kappa shape index (κ2) is 6.79. The van der Waals surface area contributed by atoms with Gasteiger partial charge in [0.1, 0.15) is 5.41 Å². The molecule has 0 spiro atoms. The number of amides is 2. The Morgan fingerprint density at radius 2 is 1.92 bits per heavy atom. The van der Waals surface area contributed by atoms with Crippen molar-refractivity contribution in [1.82, 2.24) is 10.6 Å². The number of nitrogens with one attached hydrogen (secondary N) is 2. The number of fused-ring (bicyclic) bond motifs is 1. The van der Waals surface area contributed by atoms with E-state index in [4.69, 9.17) is 9.47 Å². The Hall–Kier alpha value is -2.29. The minimum atomic E-state index is -3.10. The predicted octanol–water partition coefficient (Wildman–Crippen LogP) is 0.361. The molecule has 0 bridgehead atoms. The first kappa shape index (κ1) is 18.5. The van der Waals surface area contributed by atoms with E-state index in [-0.39, 0.29) is 24.8 Å². The lowest BCUT2D eigenvalue weighted by atomic mass is 9.90. The molecule has 142 valence electrons. The average molecular weight is 382 g/mol. The molecule has 2 N–H and O–H groups in total. The van der Waals surface area contributed by atoms with Gasteiger partial charge in [-0.05, 0) is 38.0 Å². The lowest BCUT2D eigenvalue weighted by Gasteiger charge is -2.24. The maximum Gasteiger partial charge on any atom is 0.235 e. The highest BCUT2D eigenvalue weighted by atomic mass is 32.2. The zero-order valence-electron chi connectivity index (χ0n) is 14.7. The fourth-order valence-corrected chi connectivity index (χ4v) is 4.51. The van der Waals surface area contributed by atoms with Gasteiger partial charge in [0.25, 0.3) is 0 Å². The molecule has 1 atom stereocenters. The van der Waals surface area contributed by atoms with Crippen LogP contribution >= 0.6 is 0 Å². The number of benzene rings is 1. The van der Waals surface area contributed by atoms with E-state index in [1.54, 1.807) is 12.1 Å². The maximum atomic E-state index is 12.5. The van der Waals surface area contributed by atoms with E-state index in [9.17, 15) is 18.0 Å². The predicted molar refractivity (Wildman–Crippen MR) is 93.4 cm³/mol. The van der Waals surface area contributed by atoms with E-state index in [1.807, 2.05) is 6.07 Å². The Morgan fingerprint density at radius 1 is 1.19 bits per heavy atom. The SMILES string of the molecule is CC(C)(C(=O)NCc1ccc2c(c1)OCO2)C(=O)NC1CCS(=O)(=O)C1. The van der Waals surface area contributed by atoms with Crippen molar-refractivity contribution in [3.05, 3.63) is 23.8 Å². The van der Waals surface area contributed by atoms with Gasteiger partial charge in [-0.1, -0.05) is 6.07 Å². The summed E-state index contributed by atoms with van der Waals surface area (Å²) in [6.45, 7) is 3.45. The van der Waals surface area contributed by atoms with Crippen molar-refractivity contribution in [2.75, 3.05) is 18.3 Å². The van der Waals surface area contributed by atoms with Gasteiger partial charge in [-0.3, -0.25) is 9.59 Å². The fourth-order valence-electron chi connectivity index (χ4n) is 2.83. The molecule has 2 amide bonds. The van der Waals surface area contributed by atoms with Crippen molar-refractivity contribution >= 4 is 21.7 Å². The van der Waals surface area contributed by atoms with Crippen LogP contribution in [0, 0.1) is 5.41 Å². The molecule has 2 aliphatic heterocycles. The summed E-state index contributed by atoms with van der Waals surface area (Å²) < 4.78 is 33.5. The Labute approximate surface area is 152 Å². The topological polar surface area (TPSA) is 111 Å². The summed E-state index contributed by atoms with van der Waals surface area (Å²) in [7, 11) is -3.10. The van der Waals surface area contributed by atoms with Crippen molar-refractivity contribution in [1.29, 1.82) is 0 Å². The lowest BCUT2D eigenvalue weighted by Crippen LogP contribution is -2.50. The highest BCUT2D eigenvalue weighted by Gasteiger charge is 2.39. The molecule has 1 saturated heterocycles. The molecule has 3 rings (SSSR count). The van der Waals surface area contributed by atoms with Crippen LogP contribution in [0.3, 0.4) is 0 Å². The highest BCUT2D eigenvalue weighted by Crippen LogP contribution is 2.32. The molecule has 1 aromatic carbocycles. The van der Waals surface area contributed by atoms with Crippen LogP contribution in [0.15, 0.2) is 18.2 Å². The van der Waals surface area contributed by atoms with Crippen LogP contribution in [-0.2, 0) is 26.0 Å². The third kappa shape index (κ3) is 3.92. The molecule has 9 heteroatoms. The average Bonchev–Trinajstić information content (AvgIpc) is 3.17. The Morgan fingerprint density at radius 3 is 2.62 bits per heavy atom. The normalized spacial score (nSPS) is 20.6. The summed E-state index contributed by atoms with van der Waals surface area (Å²) in [5.41, 5.74) is -0.497. The molecule has 0 aromatic heterocycles. The molecule has 2 heterocycles.